The Morgan fingerprint density at radius 2 is 1.74 bits per heavy atom. The lowest BCUT2D eigenvalue weighted by molar-refractivity contribution is 0.0601. The van der Waals surface area contributed by atoms with Crippen molar-refractivity contribution < 1.29 is 14.3 Å². The number of nitrogens with one attached hydrogen (secondary N) is 1. The topological polar surface area (TPSA) is 51.3 Å². The van der Waals surface area contributed by atoms with E-state index in [0.717, 1.165) is 40.4 Å². The Kier molecular flexibility index (Phi) is 3.45. The normalized spacial score (nSPS) is 15.3. The van der Waals surface area contributed by atoms with E-state index in [-0.39, 0.29) is 5.97 Å². The minimum absolute atomic E-state index is 0.320. The molecule has 0 aliphatic heterocycles. The molecular weight excluding hydrogens is 290 g/mol. The number of hydrogen-bond donors (Lipinski definition) is 1. The highest BCUT2D eigenvalue weighted by molar-refractivity contribution is 6.09. The summed E-state index contributed by atoms with van der Waals surface area (Å²) in [5.41, 5.74) is 2.61. The van der Waals surface area contributed by atoms with Gasteiger partial charge < -0.3 is 14.5 Å². The number of aromatic amines is 1. The van der Waals surface area contributed by atoms with Crippen LogP contribution in [0.4, 0.5) is 0 Å². The molecule has 1 aliphatic rings. The van der Waals surface area contributed by atoms with Gasteiger partial charge in [0, 0.05) is 21.8 Å². The maximum Gasteiger partial charge on any atom is 0.337 e. The van der Waals surface area contributed by atoms with Crippen molar-refractivity contribution in [2.24, 2.45) is 0 Å². The molecule has 1 saturated carbocycles. The van der Waals surface area contributed by atoms with Crippen molar-refractivity contribution in [1.29, 1.82) is 0 Å². The van der Waals surface area contributed by atoms with Crippen LogP contribution in [0.25, 0.3) is 21.8 Å². The second kappa shape index (κ2) is 5.61. The molecule has 1 aromatic heterocycles. The van der Waals surface area contributed by atoms with Crippen molar-refractivity contribution in [3.05, 3.63) is 42.0 Å². The van der Waals surface area contributed by atoms with E-state index in [1.807, 2.05) is 24.3 Å². The summed E-state index contributed by atoms with van der Waals surface area (Å²) in [6, 6.07) is 11.7. The van der Waals surface area contributed by atoms with Crippen molar-refractivity contribution in [2.75, 3.05) is 7.11 Å². The lowest BCUT2D eigenvalue weighted by Crippen LogP contribution is -2.10. The van der Waals surface area contributed by atoms with Gasteiger partial charge in [0.25, 0.3) is 0 Å². The third-order valence-corrected chi connectivity index (χ3v) is 4.60. The van der Waals surface area contributed by atoms with Crippen LogP contribution in [-0.4, -0.2) is 24.2 Å². The van der Waals surface area contributed by atoms with Crippen molar-refractivity contribution >= 4 is 27.8 Å². The Morgan fingerprint density at radius 1 is 1.04 bits per heavy atom. The second-order valence-corrected chi connectivity index (χ2v) is 6.11. The van der Waals surface area contributed by atoms with Crippen LogP contribution in [0.15, 0.2) is 36.4 Å². The van der Waals surface area contributed by atoms with Crippen molar-refractivity contribution in [3.8, 4) is 5.75 Å². The zero-order chi connectivity index (χ0) is 15.8. The van der Waals surface area contributed by atoms with Gasteiger partial charge in [-0.15, -0.1) is 0 Å². The Hall–Kier alpha value is -2.49. The van der Waals surface area contributed by atoms with E-state index in [4.69, 9.17) is 9.47 Å². The quantitative estimate of drug-likeness (QED) is 0.728. The monoisotopic (exact) mass is 309 g/mol. The Bertz CT molecular complexity index is 875. The lowest BCUT2D eigenvalue weighted by Gasteiger charge is -2.12. The second-order valence-electron chi connectivity index (χ2n) is 6.11. The van der Waals surface area contributed by atoms with E-state index in [1.165, 1.54) is 20.0 Å². The summed E-state index contributed by atoms with van der Waals surface area (Å²) in [5, 5.41) is 2.08. The van der Waals surface area contributed by atoms with Gasteiger partial charge in [0.15, 0.2) is 0 Å². The SMILES string of the molecule is COC(=O)c1ccc2[nH]c3ccc(OC4CCCC4)cc3c2c1. The summed E-state index contributed by atoms with van der Waals surface area (Å²) in [6.45, 7) is 0. The number of hydrogen-bond acceptors (Lipinski definition) is 3. The number of benzene rings is 2. The molecule has 0 spiro atoms. The Balaban J connectivity index is 1.78. The standard InChI is InChI=1S/C19H19NO3/c1-22-19(21)12-6-8-17-15(10-12)16-11-14(7-9-18(16)20-17)23-13-4-2-3-5-13/h6-11,13,20H,2-5H2,1H3. The molecule has 1 N–H and O–H groups in total. The van der Waals surface area contributed by atoms with E-state index in [0.29, 0.717) is 11.7 Å². The molecule has 1 heterocycles. The average molecular weight is 309 g/mol. The summed E-state index contributed by atoms with van der Waals surface area (Å²) >= 11 is 0. The molecule has 3 aromatic rings. The first-order valence-corrected chi connectivity index (χ1v) is 8.05. The van der Waals surface area contributed by atoms with Gasteiger partial charge in [0.1, 0.15) is 5.75 Å². The summed E-state index contributed by atoms with van der Waals surface area (Å²) in [4.78, 5) is 15.1. The number of ether oxygens (including phenoxy) is 2. The van der Waals surface area contributed by atoms with Crippen molar-refractivity contribution in [2.45, 2.75) is 31.8 Å². The fourth-order valence-electron chi connectivity index (χ4n) is 3.39. The van der Waals surface area contributed by atoms with Crippen molar-refractivity contribution in [1.82, 2.24) is 4.98 Å². The summed E-state index contributed by atoms with van der Waals surface area (Å²) in [7, 11) is 1.40. The summed E-state index contributed by atoms with van der Waals surface area (Å²) in [5.74, 6) is 0.577. The highest BCUT2D eigenvalue weighted by Crippen LogP contribution is 2.31. The predicted octanol–water partition coefficient (Wildman–Crippen LogP) is 4.43. The number of aromatic nitrogens is 1. The van der Waals surface area contributed by atoms with E-state index in [9.17, 15) is 4.79 Å². The van der Waals surface area contributed by atoms with Gasteiger partial charge >= 0.3 is 5.97 Å². The van der Waals surface area contributed by atoms with Crippen LogP contribution in [0, 0.1) is 0 Å². The van der Waals surface area contributed by atoms with Crippen LogP contribution in [0.2, 0.25) is 0 Å². The highest BCUT2D eigenvalue weighted by Gasteiger charge is 2.17. The van der Waals surface area contributed by atoms with Gasteiger partial charge in [-0.3, -0.25) is 0 Å². The van der Waals surface area contributed by atoms with Crippen LogP contribution < -0.4 is 4.74 Å². The van der Waals surface area contributed by atoms with Crippen LogP contribution >= 0.6 is 0 Å². The molecule has 0 saturated heterocycles. The third-order valence-electron chi connectivity index (χ3n) is 4.60. The zero-order valence-corrected chi connectivity index (χ0v) is 13.1. The first-order chi connectivity index (χ1) is 11.2. The Morgan fingerprint density at radius 3 is 2.48 bits per heavy atom. The molecule has 4 nitrogen and oxygen atoms in total. The van der Waals surface area contributed by atoms with Gasteiger partial charge in [-0.05, 0) is 62.1 Å². The van der Waals surface area contributed by atoms with Gasteiger partial charge in [-0.2, -0.15) is 0 Å². The minimum atomic E-state index is -0.320. The maximum atomic E-state index is 11.8. The number of carbonyl (C=O) groups is 1. The molecule has 0 radical (unpaired) electrons. The summed E-state index contributed by atoms with van der Waals surface area (Å²) < 4.78 is 10.9. The lowest BCUT2D eigenvalue weighted by atomic mass is 10.1. The molecular formula is C19H19NO3. The van der Waals surface area contributed by atoms with Crippen molar-refractivity contribution in [3.63, 3.8) is 0 Å². The Labute approximate surface area is 134 Å². The van der Waals surface area contributed by atoms with Crippen LogP contribution in [0.3, 0.4) is 0 Å². The molecule has 0 bridgehead atoms. The fraction of sp³-hybridized carbons (Fsp3) is 0.316. The highest BCUT2D eigenvalue weighted by atomic mass is 16.5. The average Bonchev–Trinajstić information content (AvgIpc) is 3.21. The number of fused-ring (bicyclic) bond motifs is 3. The number of esters is 1. The summed E-state index contributed by atoms with van der Waals surface area (Å²) in [6.07, 6.45) is 5.12. The number of methoxy groups -OCH3 is 1. The molecule has 1 aliphatic carbocycles. The largest absolute Gasteiger partial charge is 0.490 e. The fourth-order valence-corrected chi connectivity index (χ4v) is 3.39. The molecule has 0 unspecified atom stereocenters. The molecule has 4 heteroatoms. The first-order valence-electron chi connectivity index (χ1n) is 8.05. The maximum absolute atomic E-state index is 11.8. The van der Waals surface area contributed by atoms with Crippen LogP contribution in [-0.2, 0) is 4.74 Å². The van der Waals surface area contributed by atoms with E-state index in [2.05, 4.69) is 11.1 Å². The smallest absolute Gasteiger partial charge is 0.337 e. The molecule has 0 amide bonds. The number of rotatable bonds is 3. The molecule has 4 rings (SSSR count). The molecule has 118 valence electrons. The van der Waals surface area contributed by atoms with Crippen LogP contribution in [0.1, 0.15) is 36.0 Å². The molecule has 1 fully saturated rings. The minimum Gasteiger partial charge on any atom is -0.490 e. The van der Waals surface area contributed by atoms with Gasteiger partial charge in [0.2, 0.25) is 0 Å². The molecule has 2 aromatic carbocycles. The molecule has 0 atom stereocenters. The number of H-pyrrole nitrogens is 1. The zero-order valence-electron chi connectivity index (χ0n) is 13.1. The van der Waals surface area contributed by atoms with Gasteiger partial charge in [-0.25, -0.2) is 4.79 Å². The third kappa shape index (κ3) is 2.54. The van der Waals surface area contributed by atoms with Crippen LogP contribution in [0.5, 0.6) is 5.75 Å². The number of carbonyl (C=O) groups excluding carboxylic acids is 1. The van der Waals surface area contributed by atoms with E-state index >= 15 is 0 Å². The molecule has 23 heavy (non-hydrogen) atoms. The van der Waals surface area contributed by atoms with E-state index in [1.54, 1.807) is 6.07 Å². The first kappa shape index (κ1) is 14.1. The van der Waals surface area contributed by atoms with Gasteiger partial charge in [-0.1, -0.05) is 0 Å². The van der Waals surface area contributed by atoms with E-state index < -0.39 is 0 Å². The van der Waals surface area contributed by atoms with Gasteiger partial charge in [0.05, 0.1) is 18.8 Å². The predicted molar refractivity (Wildman–Crippen MR) is 90.0 cm³/mol.